The van der Waals surface area contributed by atoms with Gasteiger partial charge in [0.2, 0.25) is 0 Å². The van der Waals surface area contributed by atoms with Crippen LogP contribution in [-0.4, -0.2) is 20.1 Å². The van der Waals surface area contributed by atoms with Crippen LogP contribution in [0.1, 0.15) is 5.56 Å². The molecule has 0 atom stereocenters. The number of fused-ring (bicyclic) bond motifs is 1. The molecule has 0 unspecified atom stereocenters. The average molecular weight is 253 g/mol. The summed E-state index contributed by atoms with van der Waals surface area (Å²) in [7, 11) is 0. The number of hydrogen-bond donors (Lipinski definition) is 2. The Hall–Kier alpha value is -2.69. The van der Waals surface area contributed by atoms with Gasteiger partial charge in [0.25, 0.3) is 5.56 Å². The van der Waals surface area contributed by atoms with E-state index in [0.717, 1.165) is 16.7 Å². The van der Waals surface area contributed by atoms with Crippen LogP contribution in [0.2, 0.25) is 0 Å². The predicted octanol–water partition coefficient (Wildman–Crippen LogP) is 2.00. The van der Waals surface area contributed by atoms with Gasteiger partial charge in [-0.1, -0.05) is 0 Å². The second-order valence-corrected chi connectivity index (χ2v) is 4.31. The number of aryl methyl sites for hydroxylation is 1. The van der Waals surface area contributed by atoms with E-state index >= 15 is 0 Å². The van der Waals surface area contributed by atoms with E-state index in [4.69, 9.17) is 0 Å². The van der Waals surface area contributed by atoms with Crippen molar-refractivity contribution in [3.8, 4) is 16.9 Å². The van der Waals surface area contributed by atoms with E-state index in [1.807, 2.05) is 13.0 Å². The normalized spacial score (nSPS) is 10.8. The smallest absolute Gasteiger partial charge is 0.258 e. The number of aromatic nitrogens is 3. The number of pyridine rings is 1. The van der Waals surface area contributed by atoms with Crippen molar-refractivity contribution in [1.29, 1.82) is 0 Å². The minimum absolute atomic E-state index is 0.00480. The molecule has 2 aromatic heterocycles. The number of rotatable bonds is 1. The van der Waals surface area contributed by atoms with E-state index in [1.165, 1.54) is 6.33 Å². The van der Waals surface area contributed by atoms with Crippen LogP contribution in [0.15, 0.2) is 41.7 Å². The molecule has 0 aliphatic heterocycles. The monoisotopic (exact) mass is 253 g/mol. The molecule has 0 saturated carbocycles. The number of aromatic hydroxyl groups is 1. The van der Waals surface area contributed by atoms with Gasteiger partial charge in [0.05, 0.1) is 11.7 Å². The summed E-state index contributed by atoms with van der Waals surface area (Å²) >= 11 is 0. The molecule has 0 radical (unpaired) electrons. The molecule has 0 amide bonds. The Kier molecular flexibility index (Phi) is 2.52. The van der Waals surface area contributed by atoms with Crippen LogP contribution < -0.4 is 5.56 Å². The van der Waals surface area contributed by atoms with Crippen LogP contribution in [0.5, 0.6) is 5.75 Å². The highest BCUT2D eigenvalue weighted by atomic mass is 16.3. The highest BCUT2D eigenvalue weighted by Crippen LogP contribution is 2.30. The Labute approximate surface area is 108 Å². The average Bonchev–Trinajstić information content (AvgIpc) is 2.40. The van der Waals surface area contributed by atoms with Crippen LogP contribution in [0, 0.1) is 6.92 Å². The van der Waals surface area contributed by atoms with Gasteiger partial charge in [-0.3, -0.25) is 9.78 Å². The lowest BCUT2D eigenvalue weighted by Gasteiger charge is -2.07. The van der Waals surface area contributed by atoms with Gasteiger partial charge in [-0.05, 0) is 41.8 Å². The van der Waals surface area contributed by atoms with E-state index in [1.54, 1.807) is 24.5 Å². The van der Waals surface area contributed by atoms with Gasteiger partial charge in [-0.2, -0.15) is 0 Å². The zero-order valence-electron chi connectivity index (χ0n) is 10.2. The second-order valence-electron chi connectivity index (χ2n) is 4.31. The van der Waals surface area contributed by atoms with Crippen molar-refractivity contribution in [1.82, 2.24) is 15.0 Å². The van der Waals surface area contributed by atoms with Crippen molar-refractivity contribution in [2.75, 3.05) is 0 Å². The summed E-state index contributed by atoms with van der Waals surface area (Å²) in [6, 6.07) is 5.18. The van der Waals surface area contributed by atoms with Gasteiger partial charge >= 0.3 is 0 Å². The molecule has 0 fully saturated rings. The molecule has 0 bridgehead atoms. The van der Waals surface area contributed by atoms with Crippen molar-refractivity contribution in [3.05, 3.63) is 52.8 Å². The molecule has 0 spiro atoms. The highest BCUT2D eigenvalue weighted by molar-refractivity contribution is 5.89. The molecule has 0 aliphatic rings. The van der Waals surface area contributed by atoms with Crippen LogP contribution in [0.4, 0.5) is 0 Å². The Bertz CT molecular complexity index is 824. The van der Waals surface area contributed by atoms with Crippen LogP contribution in [-0.2, 0) is 0 Å². The van der Waals surface area contributed by atoms with Crippen molar-refractivity contribution in [2.24, 2.45) is 0 Å². The Morgan fingerprint density at radius 1 is 1.32 bits per heavy atom. The van der Waals surface area contributed by atoms with Crippen LogP contribution in [0.3, 0.4) is 0 Å². The van der Waals surface area contributed by atoms with E-state index in [0.29, 0.717) is 10.9 Å². The minimum atomic E-state index is -0.270. The molecule has 2 N–H and O–H groups in total. The largest absolute Gasteiger partial charge is 0.506 e. The standard InChI is InChI=1S/C14H11N3O2/c1-8-6-15-3-2-10(8)9-4-11-13(12(18)5-9)16-7-17-14(11)19/h2-7,18H,1H3,(H,16,17,19). The summed E-state index contributed by atoms with van der Waals surface area (Å²) in [5.41, 5.74) is 2.70. The summed E-state index contributed by atoms with van der Waals surface area (Å²) in [5, 5.41) is 10.4. The summed E-state index contributed by atoms with van der Waals surface area (Å²) in [4.78, 5) is 22.3. The van der Waals surface area contributed by atoms with E-state index < -0.39 is 0 Å². The lowest BCUT2D eigenvalue weighted by atomic mass is 10.0. The minimum Gasteiger partial charge on any atom is -0.506 e. The fourth-order valence-corrected chi connectivity index (χ4v) is 2.11. The Morgan fingerprint density at radius 2 is 2.16 bits per heavy atom. The summed E-state index contributed by atoms with van der Waals surface area (Å²) in [6.07, 6.45) is 4.70. The maximum absolute atomic E-state index is 11.8. The maximum atomic E-state index is 11.8. The van der Waals surface area contributed by atoms with Gasteiger partial charge < -0.3 is 10.1 Å². The topological polar surface area (TPSA) is 78.9 Å². The van der Waals surface area contributed by atoms with Crippen molar-refractivity contribution in [2.45, 2.75) is 6.92 Å². The van der Waals surface area contributed by atoms with E-state index in [9.17, 15) is 9.90 Å². The van der Waals surface area contributed by atoms with Crippen molar-refractivity contribution in [3.63, 3.8) is 0 Å². The van der Waals surface area contributed by atoms with Crippen LogP contribution in [0.25, 0.3) is 22.0 Å². The zero-order chi connectivity index (χ0) is 13.4. The zero-order valence-corrected chi connectivity index (χ0v) is 10.2. The lowest BCUT2D eigenvalue weighted by molar-refractivity contribution is 0.480. The molecule has 2 heterocycles. The fraction of sp³-hybridized carbons (Fsp3) is 0.0714. The van der Waals surface area contributed by atoms with Gasteiger partial charge in [-0.25, -0.2) is 4.98 Å². The highest BCUT2D eigenvalue weighted by Gasteiger charge is 2.09. The maximum Gasteiger partial charge on any atom is 0.258 e. The fourth-order valence-electron chi connectivity index (χ4n) is 2.11. The summed E-state index contributed by atoms with van der Waals surface area (Å²) < 4.78 is 0. The molecule has 5 heteroatoms. The first-order valence-corrected chi connectivity index (χ1v) is 5.78. The summed E-state index contributed by atoms with van der Waals surface area (Å²) in [6.45, 7) is 1.93. The SMILES string of the molecule is Cc1cnccc1-c1cc(O)c2nc[nH]c(=O)c2c1. The van der Waals surface area contributed by atoms with Gasteiger partial charge in [0.1, 0.15) is 11.3 Å². The molecule has 3 rings (SSSR count). The molecule has 1 aromatic carbocycles. The van der Waals surface area contributed by atoms with E-state index in [-0.39, 0.29) is 11.3 Å². The van der Waals surface area contributed by atoms with Crippen molar-refractivity contribution < 1.29 is 5.11 Å². The van der Waals surface area contributed by atoms with Crippen molar-refractivity contribution >= 4 is 10.9 Å². The number of benzene rings is 1. The number of nitrogens with zero attached hydrogens (tertiary/aromatic N) is 2. The third-order valence-electron chi connectivity index (χ3n) is 3.06. The Morgan fingerprint density at radius 3 is 2.95 bits per heavy atom. The number of hydrogen-bond acceptors (Lipinski definition) is 4. The summed E-state index contributed by atoms with van der Waals surface area (Å²) in [5.74, 6) is -0.00480. The Balaban J connectivity index is 2.36. The molecule has 5 nitrogen and oxygen atoms in total. The number of phenolic OH excluding ortho intramolecular Hbond substituents is 1. The first kappa shape index (κ1) is 11.4. The molecular formula is C14H11N3O2. The lowest BCUT2D eigenvalue weighted by Crippen LogP contribution is -2.06. The first-order valence-electron chi connectivity index (χ1n) is 5.78. The quantitative estimate of drug-likeness (QED) is 0.695. The number of H-pyrrole nitrogens is 1. The van der Waals surface area contributed by atoms with Gasteiger partial charge in [-0.15, -0.1) is 0 Å². The molecule has 0 aliphatic carbocycles. The van der Waals surface area contributed by atoms with Gasteiger partial charge in [0, 0.05) is 12.4 Å². The first-order chi connectivity index (χ1) is 9.16. The number of phenols is 1. The molecule has 94 valence electrons. The number of nitrogens with one attached hydrogen (secondary N) is 1. The number of aromatic amines is 1. The predicted molar refractivity (Wildman–Crippen MR) is 72.0 cm³/mol. The van der Waals surface area contributed by atoms with Crippen LogP contribution >= 0.6 is 0 Å². The van der Waals surface area contributed by atoms with Gasteiger partial charge in [0.15, 0.2) is 0 Å². The molecule has 3 aromatic rings. The molecule has 19 heavy (non-hydrogen) atoms. The third-order valence-corrected chi connectivity index (χ3v) is 3.06. The second kappa shape index (κ2) is 4.20. The van der Waals surface area contributed by atoms with E-state index in [2.05, 4.69) is 15.0 Å². The third kappa shape index (κ3) is 1.85. The molecule has 0 saturated heterocycles. The molecular weight excluding hydrogens is 242 g/mol.